The van der Waals surface area contributed by atoms with Crippen molar-refractivity contribution in [2.45, 2.75) is 13.0 Å². The number of nitrogens with two attached hydrogens (primary N) is 1. The highest BCUT2D eigenvalue weighted by Crippen LogP contribution is 2.06. The predicted molar refractivity (Wildman–Crippen MR) is 71.7 cm³/mol. The minimum absolute atomic E-state index is 0. The van der Waals surface area contributed by atoms with E-state index in [0.717, 1.165) is 5.56 Å². The van der Waals surface area contributed by atoms with Gasteiger partial charge < -0.3 is 15.6 Å². The van der Waals surface area contributed by atoms with Gasteiger partial charge in [-0.25, -0.2) is 0 Å². The number of carbonyl (C=O) groups is 1. The van der Waals surface area contributed by atoms with Gasteiger partial charge in [-0.3, -0.25) is 4.79 Å². The van der Waals surface area contributed by atoms with Crippen molar-refractivity contribution in [3.63, 3.8) is 0 Å². The number of nitrogens with one attached hydrogen (secondary N) is 1. The van der Waals surface area contributed by atoms with E-state index >= 15 is 0 Å². The van der Waals surface area contributed by atoms with Crippen molar-refractivity contribution in [2.75, 3.05) is 6.54 Å². The molecule has 0 radical (unpaired) electrons. The third-order valence-electron chi connectivity index (χ3n) is 2.34. The molecule has 1 amide bonds. The van der Waals surface area contributed by atoms with Crippen LogP contribution in [-0.4, -0.2) is 22.6 Å². The lowest BCUT2D eigenvalue weighted by molar-refractivity contribution is -0.120. The maximum atomic E-state index is 11.0. The first-order chi connectivity index (χ1) is 8.78. The zero-order chi connectivity index (χ0) is 12.8. The van der Waals surface area contributed by atoms with E-state index < -0.39 is 0 Å². The molecule has 19 heavy (non-hydrogen) atoms. The van der Waals surface area contributed by atoms with Crippen molar-refractivity contribution >= 4 is 18.3 Å². The van der Waals surface area contributed by atoms with Crippen LogP contribution in [0.5, 0.6) is 0 Å². The van der Waals surface area contributed by atoms with Crippen molar-refractivity contribution < 1.29 is 9.32 Å². The number of aromatic nitrogens is 2. The number of halogens is 1. The molecule has 6 nitrogen and oxygen atoms in total. The molecule has 1 heterocycles. The fraction of sp³-hybridized carbons (Fsp3) is 0.250. The summed E-state index contributed by atoms with van der Waals surface area (Å²) in [7, 11) is 0. The first-order valence-electron chi connectivity index (χ1n) is 5.60. The van der Waals surface area contributed by atoms with E-state index in [1.165, 1.54) is 0 Å². The molecule has 0 saturated heterocycles. The van der Waals surface area contributed by atoms with E-state index in [9.17, 15) is 4.79 Å². The number of hydrogen-bond donors (Lipinski definition) is 2. The molecule has 0 fully saturated rings. The second-order valence-electron chi connectivity index (χ2n) is 3.75. The standard InChI is InChI=1S/C12H14N4O2.ClH/c13-7-11(17)14-8-12-15-10(16-18-12)6-9-4-2-1-3-5-9;/h1-5H,6-8,13H2,(H,14,17);1H. The summed E-state index contributed by atoms with van der Waals surface area (Å²) < 4.78 is 5.02. The van der Waals surface area contributed by atoms with E-state index in [2.05, 4.69) is 15.5 Å². The molecular weight excluding hydrogens is 268 g/mol. The van der Waals surface area contributed by atoms with Gasteiger partial charge in [-0.15, -0.1) is 12.4 Å². The first-order valence-corrected chi connectivity index (χ1v) is 5.60. The molecule has 0 saturated carbocycles. The predicted octanol–water partition coefficient (Wildman–Crippen LogP) is 0.657. The van der Waals surface area contributed by atoms with Crippen molar-refractivity contribution in [3.05, 3.63) is 47.6 Å². The molecule has 7 heteroatoms. The Labute approximate surface area is 116 Å². The Morgan fingerprint density at radius 3 is 2.74 bits per heavy atom. The largest absolute Gasteiger partial charge is 0.346 e. The van der Waals surface area contributed by atoms with Gasteiger partial charge in [-0.05, 0) is 5.56 Å². The van der Waals surface area contributed by atoms with Crippen molar-refractivity contribution in [2.24, 2.45) is 5.73 Å². The lowest BCUT2D eigenvalue weighted by Crippen LogP contribution is -2.29. The summed E-state index contributed by atoms with van der Waals surface area (Å²) in [6.45, 7) is 0.156. The topological polar surface area (TPSA) is 94.0 Å². The van der Waals surface area contributed by atoms with Gasteiger partial charge in [-0.1, -0.05) is 35.5 Å². The average molecular weight is 283 g/mol. The Kier molecular flexibility index (Phi) is 5.98. The van der Waals surface area contributed by atoms with Crippen molar-refractivity contribution in [1.29, 1.82) is 0 Å². The van der Waals surface area contributed by atoms with Crippen LogP contribution in [0.15, 0.2) is 34.9 Å². The SMILES string of the molecule is Cl.NCC(=O)NCc1nc(Cc2ccccc2)no1. The van der Waals surface area contributed by atoms with Crippen molar-refractivity contribution in [3.8, 4) is 0 Å². The zero-order valence-corrected chi connectivity index (χ0v) is 11.0. The van der Waals surface area contributed by atoms with Gasteiger partial charge in [0, 0.05) is 6.42 Å². The van der Waals surface area contributed by atoms with E-state index in [1.807, 2.05) is 30.3 Å². The monoisotopic (exact) mass is 282 g/mol. The maximum absolute atomic E-state index is 11.0. The zero-order valence-electron chi connectivity index (χ0n) is 10.2. The fourth-order valence-corrected chi connectivity index (χ4v) is 1.46. The molecule has 1 aromatic heterocycles. The van der Waals surface area contributed by atoms with Crippen LogP contribution in [0.2, 0.25) is 0 Å². The molecule has 0 unspecified atom stereocenters. The Hall–Kier alpha value is -1.92. The smallest absolute Gasteiger partial charge is 0.246 e. The first kappa shape index (κ1) is 15.1. The van der Waals surface area contributed by atoms with Gasteiger partial charge in [0.15, 0.2) is 5.82 Å². The van der Waals surface area contributed by atoms with Crippen LogP contribution in [0.1, 0.15) is 17.3 Å². The Bertz CT molecular complexity index is 515. The molecule has 0 bridgehead atoms. The Morgan fingerprint density at radius 1 is 1.32 bits per heavy atom. The summed E-state index contributed by atoms with van der Waals surface area (Å²) in [4.78, 5) is 15.1. The highest BCUT2D eigenvalue weighted by Gasteiger charge is 2.07. The average Bonchev–Trinajstić information content (AvgIpc) is 2.85. The lowest BCUT2D eigenvalue weighted by atomic mass is 10.1. The summed E-state index contributed by atoms with van der Waals surface area (Å²) in [6.07, 6.45) is 0.606. The number of rotatable bonds is 5. The molecule has 2 rings (SSSR count). The lowest BCUT2D eigenvalue weighted by Gasteiger charge is -1.97. The summed E-state index contributed by atoms with van der Waals surface area (Å²) in [6, 6.07) is 9.85. The third kappa shape index (κ3) is 4.69. The molecule has 0 aliphatic carbocycles. The van der Waals surface area contributed by atoms with Gasteiger partial charge in [0.25, 0.3) is 0 Å². The van der Waals surface area contributed by atoms with Gasteiger partial charge in [-0.2, -0.15) is 4.98 Å². The molecule has 0 aliphatic heterocycles. The van der Waals surface area contributed by atoms with Gasteiger partial charge in [0.05, 0.1) is 13.1 Å². The minimum Gasteiger partial charge on any atom is -0.346 e. The third-order valence-corrected chi connectivity index (χ3v) is 2.34. The van der Waals surface area contributed by atoms with E-state index in [-0.39, 0.29) is 31.4 Å². The summed E-state index contributed by atoms with van der Waals surface area (Å²) >= 11 is 0. The number of nitrogens with zero attached hydrogens (tertiary/aromatic N) is 2. The van der Waals surface area contributed by atoms with E-state index in [0.29, 0.717) is 18.1 Å². The molecular formula is C12H15ClN4O2. The van der Waals surface area contributed by atoms with Crippen LogP contribution in [0.4, 0.5) is 0 Å². The highest BCUT2D eigenvalue weighted by molar-refractivity contribution is 5.85. The van der Waals surface area contributed by atoms with Crippen LogP contribution in [0, 0.1) is 0 Å². The Balaban J connectivity index is 0.00000180. The maximum Gasteiger partial charge on any atom is 0.246 e. The van der Waals surface area contributed by atoms with E-state index in [4.69, 9.17) is 10.3 Å². The number of hydrogen-bond acceptors (Lipinski definition) is 5. The van der Waals surface area contributed by atoms with Crippen LogP contribution in [-0.2, 0) is 17.8 Å². The number of amides is 1. The summed E-state index contributed by atoms with van der Waals surface area (Å²) in [5, 5.41) is 6.41. The molecule has 0 aliphatic rings. The van der Waals surface area contributed by atoms with E-state index in [1.54, 1.807) is 0 Å². The molecule has 102 valence electrons. The highest BCUT2D eigenvalue weighted by atomic mass is 35.5. The molecule has 2 aromatic rings. The van der Waals surface area contributed by atoms with Gasteiger partial charge in [0.2, 0.25) is 11.8 Å². The quantitative estimate of drug-likeness (QED) is 0.840. The second kappa shape index (κ2) is 7.50. The van der Waals surface area contributed by atoms with Crippen molar-refractivity contribution in [1.82, 2.24) is 15.5 Å². The summed E-state index contributed by atoms with van der Waals surface area (Å²) in [5.41, 5.74) is 6.27. The number of carbonyl (C=O) groups excluding carboxylic acids is 1. The van der Waals surface area contributed by atoms with Gasteiger partial charge >= 0.3 is 0 Å². The van der Waals surface area contributed by atoms with Crippen LogP contribution >= 0.6 is 12.4 Å². The number of benzene rings is 1. The summed E-state index contributed by atoms with van der Waals surface area (Å²) in [5.74, 6) is 0.721. The van der Waals surface area contributed by atoms with Crippen LogP contribution in [0.25, 0.3) is 0 Å². The Morgan fingerprint density at radius 2 is 2.05 bits per heavy atom. The molecule has 1 aromatic carbocycles. The van der Waals surface area contributed by atoms with Gasteiger partial charge in [0.1, 0.15) is 0 Å². The molecule has 0 spiro atoms. The molecule has 0 atom stereocenters. The minimum atomic E-state index is -0.252. The second-order valence-corrected chi connectivity index (χ2v) is 3.75. The van der Waals surface area contributed by atoms with Crippen LogP contribution in [0.3, 0.4) is 0 Å². The normalized spacial score (nSPS) is 9.74. The fourth-order valence-electron chi connectivity index (χ4n) is 1.46. The van der Waals surface area contributed by atoms with Crippen LogP contribution < -0.4 is 11.1 Å². The molecule has 3 N–H and O–H groups in total.